The number of hydrogen-bond donors (Lipinski definition) is 0. The third kappa shape index (κ3) is 3.92. The zero-order valence-corrected chi connectivity index (χ0v) is 10.7. The van der Waals surface area contributed by atoms with E-state index in [1.54, 1.807) is 18.9 Å². The molecule has 17 heavy (non-hydrogen) atoms. The minimum Gasteiger partial charge on any atom is -0.357 e. The van der Waals surface area contributed by atoms with Crippen molar-refractivity contribution in [3.63, 3.8) is 0 Å². The SMILES string of the molecule is CC(Cl)CN(C)c1ncc(C(F)(F)F)cc1Cl. The lowest BCUT2D eigenvalue weighted by molar-refractivity contribution is -0.137. The summed E-state index contributed by atoms with van der Waals surface area (Å²) in [6, 6.07) is 0.860. The molecule has 0 saturated carbocycles. The molecule has 1 heterocycles. The van der Waals surface area contributed by atoms with Crippen molar-refractivity contribution in [2.75, 3.05) is 18.5 Å². The lowest BCUT2D eigenvalue weighted by Crippen LogP contribution is -2.25. The van der Waals surface area contributed by atoms with Crippen LogP contribution in [0.25, 0.3) is 0 Å². The van der Waals surface area contributed by atoms with Crippen molar-refractivity contribution in [3.8, 4) is 0 Å². The first-order valence-corrected chi connectivity index (χ1v) is 5.61. The zero-order chi connectivity index (χ0) is 13.2. The zero-order valence-electron chi connectivity index (χ0n) is 9.22. The molecule has 0 radical (unpaired) electrons. The van der Waals surface area contributed by atoms with E-state index in [0.717, 1.165) is 12.3 Å². The molecule has 1 aromatic rings. The van der Waals surface area contributed by atoms with Gasteiger partial charge in [0.15, 0.2) is 0 Å². The maximum atomic E-state index is 12.4. The van der Waals surface area contributed by atoms with E-state index in [-0.39, 0.29) is 16.2 Å². The highest BCUT2D eigenvalue weighted by atomic mass is 35.5. The van der Waals surface area contributed by atoms with Crippen LogP contribution in [0.5, 0.6) is 0 Å². The fourth-order valence-electron chi connectivity index (χ4n) is 1.33. The van der Waals surface area contributed by atoms with E-state index in [1.807, 2.05) is 0 Å². The Balaban J connectivity index is 2.98. The van der Waals surface area contributed by atoms with Gasteiger partial charge in [-0.15, -0.1) is 11.6 Å². The average Bonchev–Trinajstić information content (AvgIpc) is 2.14. The predicted octanol–water partition coefficient (Wildman–Crippen LogP) is 3.82. The van der Waals surface area contributed by atoms with Crippen molar-refractivity contribution in [1.82, 2.24) is 4.98 Å². The lowest BCUT2D eigenvalue weighted by Gasteiger charge is -2.21. The van der Waals surface area contributed by atoms with Crippen LogP contribution in [0.4, 0.5) is 19.0 Å². The molecule has 1 rings (SSSR count). The van der Waals surface area contributed by atoms with Gasteiger partial charge in [0.2, 0.25) is 0 Å². The standard InChI is InChI=1S/C10H11Cl2F3N2/c1-6(11)5-17(2)9-8(12)3-7(4-16-9)10(13,14)15/h3-4,6H,5H2,1-2H3. The van der Waals surface area contributed by atoms with Crippen molar-refractivity contribution in [2.45, 2.75) is 18.5 Å². The van der Waals surface area contributed by atoms with E-state index >= 15 is 0 Å². The van der Waals surface area contributed by atoms with Gasteiger partial charge < -0.3 is 4.90 Å². The number of aromatic nitrogens is 1. The summed E-state index contributed by atoms with van der Waals surface area (Å²) in [6.45, 7) is 2.22. The molecule has 0 aliphatic rings. The molecule has 0 aliphatic heterocycles. The summed E-state index contributed by atoms with van der Waals surface area (Å²) in [5, 5.41) is -0.195. The van der Waals surface area contributed by atoms with Crippen LogP contribution >= 0.6 is 23.2 Å². The number of halogens is 5. The van der Waals surface area contributed by atoms with Gasteiger partial charge in [0.1, 0.15) is 5.82 Å². The van der Waals surface area contributed by atoms with Gasteiger partial charge in [-0.2, -0.15) is 13.2 Å². The van der Waals surface area contributed by atoms with E-state index in [4.69, 9.17) is 23.2 Å². The Morgan fingerprint density at radius 1 is 1.47 bits per heavy atom. The summed E-state index contributed by atoms with van der Waals surface area (Å²) in [5.74, 6) is 0.284. The number of anilines is 1. The third-order valence-corrected chi connectivity index (χ3v) is 2.45. The summed E-state index contributed by atoms with van der Waals surface area (Å²) in [4.78, 5) is 5.32. The molecule has 2 nitrogen and oxygen atoms in total. The van der Waals surface area contributed by atoms with Crippen molar-refractivity contribution >= 4 is 29.0 Å². The van der Waals surface area contributed by atoms with Crippen LogP contribution < -0.4 is 4.90 Å². The number of hydrogen-bond acceptors (Lipinski definition) is 2. The quantitative estimate of drug-likeness (QED) is 0.786. The Kier molecular flexibility index (Phi) is 4.49. The maximum Gasteiger partial charge on any atom is 0.417 e. The molecule has 1 aromatic heterocycles. The molecule has 1 atom stereocenters. The molecular formula is C10H11Cl2F3N2. The molecule has 0 aromatic carbocycles. The monoisotopic (exact) mass is 286 g/mol. The molecule has 0 amide bonds. The van der Waals surface area contributed by atoms with Crippen molar-refractivity contribution in [3.05, 3.63) is 22.8 Å². The molecule has 1 unspecified atom stereocenters. The highest BCUT2D eigenvalue weighted by molar-refractivity contribution is 6.33. The topological polar surface area (TPSA) is 16.1 Å². The van der Waals surface area contributed by atoms with Gasteiger partial charge >= 0.3 is 6.18 Å². The maximum absolute atomic E-state index is 12.4. The van der Waals surface area contributed by atoms with E-state index < -0.39 is 11.7 Å². The Morgan fingerprint density at radius 2 is 2.06 bits per heavy atom. The van der Waals surface area contributed by atoms with Gasteiger partial charge in [-0.25, -0.2) is 4.98 Å². The Labute approximate surface area is 107 Å². The first kappa shape index (κ1) is 14.4. The second kappa shape index (κ2) is 5.31. The minimum absolute atomic E-state index is 0.0420. The molecular weight excluding hydrogens is 276 g/mol. The highest BCUT2D eigenvalue weighted by Crippen LogP contribution is 2.33. The number of alkyl halides is 4. The van der Waals surface area contributed by atoms with E-state index in [1.165, 1.54) is 0 Å². The Hall–Kier alpha value is -0.680. The van der Waals surface area contributed by atoms with Crippen molar-refractivity contribution < 1.29 is 13.2 Å². The van der Waals surface area contributed by atoms with Crippen LogP contribution in [0.15, 0.2) is 12.3 Å². The summed E-state index contributed by atoms with van der Waals surface area (Å²) >= 11 is 11.6. The van der Waals surface area contributed by atoms with Crippen LogP contribution in [0, 0.1) is 0 Å². The van der Waals surface area contributed by atoms with Gasteiger partial charge in [0, 0.05) is 25.2 Å². The van der Waals surface area contributed by atoms with Gasteiger partial charge in [-0.3, -0.25) is 0 Å². The van der Waals surface area contributed by atoms with Crippen molar-refractivity contribution in [2.24, 2.45) is 0 Å². The molecule has 0 fully saturated rings. The Morgan fingerprint density at radius 3 is 2.47 bits per heavy atom. The molecule has 96 valence electrons. The molecule has 0 bridgehead atoms. The number of nitrogens with zero attached hydrogens (tertiary/aromatic N) is 2. The second-order valence-corrected chi connectivity index (χ2v) is 4.84. The van der Waals surface area contributed by atoms with Gasteiger partial charge in [0.05, 0.1) is 10.6 Å². The van der Waals surface area contributed by atoms with E-state index in [2.05, 4.69) is 4.98 Å². The largest absolute Gasteiger partial charge is 0.417 e. The lowest BCUT2D eigenvalue weighted by atomic mass is 10.2. The van der Waals surface area contributed by atoms with Crippen LogP contribution in [0.1, 0.15) is 12.5 Å². The normalized spacial score (nSPS) is 13.6. The highest BCUT2D eigenvalue weighted by Gasteiger charge is 2.31. The predicted molar refractivity (Wildman–Crippen MR) is 62.8 cm³/mol. The summed E-state index contributed by atoms with van der Waals surface area (Å²) in [7, 11) is 1.67. The Bertz CT molecular complexity index is 394. The number of rotatable bonds is 3. The van der Waals surface area contributed by atoms with Gasteiger partial charge in [-0.1, -0.05) is 11.6 Å². The molecule has 0 aliphatic carbocycles. The summed E-state index contributed by atoms with van der Waals surface area (Å²) in [5.41, 5.74) is -0.862. The molecule has 7 heteroatoms. The number of pyridine rings is 1. The summed E-state index contributed by atoms with van der Waals surface area (Å²) in [6.07, 6.45) is -3.68. The third-order valence-electron chi connectivity index (χ3n) is 2.04. The molecule has 0 spiro atoms. The molecule has 0 saturated heterocycles. The smallest absolute Gasteiger partial charge is 0.357 e. The van der Waals surface area contributed by atoms with Crippen molar-refractivity contribution in [1.29, 1.82) is 0 Å². The summed E-state index contributed by atoms with van der Waals surface area (Å²) < 4.78 is 37.1. The molecule has 0 N–H and O–H groups in total. The first-order chi connectivity index (χ1) is 7.71. The van der Waals surface area contributed by atoms with Crippen LogP contribution in [-0.2, 0) is 6.18 Å². The van der Waals surface area contributed by atoms with Gasteiger partial charge in [-0.05, 0) is 13.0 Å². The van der Waals surface area contributed by atoms with Crippen LogP contribution in [0.2, 0.25) is 5.02 Å². The van der Waals surface area contributed by atoms with E-state index in [9.17, 15) is 13.2 Å². The van der Waals surface area contributed by atoms with E-state index in [0.29, 0.717) is 6.54 Å². The first-order valence-electron chi connectivity index (χ1n) is 4.79. The van der Waals surface area contributed by atoms with Gasteiger partial charge in [0.25, 0.3) is 0 Å². The fraction of sp³-hybridized carbons (Fsp3) is 0.500. The van der Waals surface area contributed by atoms with Crippen LogP contribution in [0.3, 0.4) is 0 Å². The fourth-order valence-corrected chi connectivity index (χ4v) is 1.85. The average molecular weight is 287 g/mol. The minimum atomic E-state index is -4.44. The van der Waals surface area contributed by atoms with Crippen LogP contribution in [-0.4, -0.2) is 24.0 Å². The second-order valence-electron chi connectivity index (χ2n) is 3.69.